The minimum atomic E-state index is 0.304. The molecule has 2 atom stereocenters. The number of nitrogens with zero attached hydrogens (tertiary/aromatic N) is 2. The SMILES string of the molecule is CCN(CC)C1CCN(C(C)CC(=N)N)C1. The van der Waals surface area contributed by atoms with Gasteiger partial charge in [-0.25, -0.2) is 0 Å². The minimum Gasteiger partial charge on any atom is -0.388 e. The van der Waals surface area contributed by atoms with Gasteiger partial charge in [0.05, 0.1) is 5.84 Å². The van der Waals surface area contributed by atoms with Crippen molar-refractivity contribution in [3.63, 3.8) is 0 Å². The van der Waals surface area contributed by atoms with Gasteiger partial charge in [0.1, 0.15) is 0 Å². The fourth-order valence-corrected chi connectivity index (χ4v) is 2.65. The van der Waals surface area contributed by atoms with Crippen LogP contribution in [0.3, 0.4) is 0 Å². The van der Waals surface area contributed by atoms with Crippen LogP contribution in [0.5, 0.6) is 0 Å². The second kappa shape index (κ2) is 6.21. The molecule has 16 heavy (non-hydrogen) atoms. The van der Waals surface area contributed by atoms with E-state index in [2.05, 4.69) is 30.6 Å². The highest BCUT2D eigenvalue weighted by atomic mass is 15.3. The van der Waals surface area contributed by atoms with E-state index in [4.69, 9.17) is 11.1 Å². The molecule has 0 radical (unpaired) electrons. The van der Waals surface area contributed by atoms with Gasteiger partial charge in [-0.2, -0.15) is 0 Å². The van der Waals surface area contributed by atoms with Crippen LogP contribution in [0.15, 0.2) is 0 Å². The lowest BCUT2D eigenvalue weighted by Gasteiger charge is -2.28. The first kappa shape index (κ1) is 13.5. The minimum absolute atomic E-state index is 0.304. The molecule has 0 aromatic heterocycles. The van der Waals surface area contributed by atoms with Crippen LogP contribution in [-0.4, -0.2) is 53.9 Å². The Morgan fingerprint density at radius 1 is 1.50 bits per heavy atom. The average Bonchev–Trinajstić information content (AvgIpc) is 2.68. The zero-order chi connectivity index (χ0) is 12.1. The van der Waals surface area contributed by atoms with Gasteiger partial charge < -0.3 is 5.73 Å². The van der Waals surface area contributed by atoms with Crippen molar-refractivity contribution in [1.29, 1.82) is 5.41 Å². The van der Waals surface area contributed by atoms with E-state index in [-0.39, 0.29) is 0 Å². The smallest absolute Gasteiger partial charge is 0.0920 e. The van der Waals surface area contributed by atoms with E-state index in [0.29, 0.717) is 24.3 Å². The molecule has 1 fully saturated rings. The van der Waals surface area contributed by atoms with Crippen molar-refractivity contribution in [2.45, 2.75) is 45.7 Å². The average molecular weight is 226 g/mol. The predicted molar refractivity (Wildman–Crippen MR) is 68.9 cm³/mol. The van der Waals surface area contributed by atoms with Crippen molar-refractivity contribution < 1.29 is 0 Å². The third-order valence-electron chi connectivity index (χ3n) is 3.66. The predicted octanol–water partition coefficient (Wildman–Crippen LogP) is 1.12. The second-order valence-corrected chi connectivity index (χ2v) is 4.74. The van der Waals surface area contributed by atoms with Gasteiger partial charge in [0.25, 0.3) is 0 Å². The molecule has 2 unspecified atom stereocenters. The van der Waals surface area contributed by atoms with Crippen LogP contribution in [0.1, 0.15) is 33.6 Å². The van der Waals surface area contributed by atoms with Gasteiger partial charge in [-0.1, -0.05) is 13.8 Å². The summed E-state index contributed by atoms with van der Waals surface area (Å²) in [7, 11) is 0. The van der Waals surface area contributed by atoms with Gasteiger partial charge in [0.15, 0.2) is 0 Å². The Bertz CT molecular complexity index is 225. The van der Waals surface area contributed by atoms with Crippen molar-refractivity contribution in [2.75, 3.05) is 26.2 Å². The highest BCUT2D eigenvalue weighted by molar-refractivity contribution is 5.77. The summed E-state index contributed by atoms with van der Waals surface area (Å²) in [6.45, 7) is 11.2. The number of rotatable bonds is 6. The third-order valence-corrected chi connectivity index (χ3v) is 3.66. The summed E-state index contributed by atoms with van der Waals surface area (Å²) >= 11 is 0. The molecule has 0 aliphatic carbocycles. The molecule has 1 aliphatic heterocycles. The van der Waals surface area contributed by atoms with Crippen LogP contribution in [0, 0.1) is 5.41 Å². The zero-order valence-corrected chi connectivity index (χ0v) is 10.9. The maximum Gasteiger partial charge on any atom is 0.0920 e. The number of likely N-dealkylation sites (tertiary alicyclic amines) is 1. The van der Waals surface area contributed by atoms with Crippen LogP contribution in [0.2, 0.25) is 0 Å². The highest BCUT2D eigenvalue weighted by Gasteiger charge is 2.28. The van der Waals surface area contributed by atoms with Crippen molar-refractivity contribution >= 4 is 5.84 Å². The van der Waals surface area contributed by atoms with Crippen LogP contribution < -0.4 is 5.73 Å². The molecule has 0 aromatic rings. The van der Waals surface area contributed by atoms with Crippen LogP contribution >= 0.6 is 0 Å². The summed E-state index contributed by atoms with van der Waals surface area (Å²) in [4.78, 5) is 4.99. The summed E-state index contributed by atoms with van der Waals surface area (Å²) in [6.07, 6.45) is 1.95. The fourth-order valence-electron chi connectivity index (χ4n) is 2.65. The van der Waals surface area contributed by atoms with Crippen LogP contribution in [-0.2, 0) is 0 Å². The van der Waals surface area contributed by atoms with Gasteiger partial charge in [0.2, 0.25) is 0 Å². The zero-order valence-electron chi connectivity index (χ0n) is 10.9. The first-order valence-corrected chi connectivity index (χ1v) is 6.39. The lowest BCUT2D eigenvalue weighted by molar-refractivity contribution is 0.194. The molecule has 0 spiro atoms. The number of hydrogen-bond acceptors (Lipinski definition) is 3. The molecule has 3 N–H and O–H groups in total. The van der Waals surface area contributed by atoms with Crippen LogP contribution in [0.4, 0.5) is 0 Å². The summed E-state index contributed by atoms with van der Waals surface area (Å²) < 4.78 is 0. The molecule has 94 valence electrons. The van der Waals surface area contributed by atoms with E-state index in [9.17, 15) is 0 Å². The lowest BCUT2D eigenvalue weighted by Crippen LogP contribution is -2.40. The van der Waals surface area contributed by atoms with E-state index in [1.165, 1.54) is 6.42 Å². The molecule has 1 rings (SSSR count). The standard InChI is InChI=1S/C12H26N4/c1-4-15(5-2)11-6-7-16(9-11)10(3)8-12(13)14/h10-11H,4-9H2,1-3H3,(H3,13,14). The Labute approximate surface area is 99.3 Å². The lowest BCUT2D eigenvalue weighted by atomic mass is 10.2. The van der Waals surface area contributed by atoms with E-state index in [1.54, 1.807) is 0 Å². The Hall–Kier alpha value is -0.610. The molecular formula is C12H26N4. The third kappa shape index (κ3) is 3.46. The Morgan fingerprint density at radius 2 is 2.12 bits per heavy atom. The van der Waals surface area contributed by atoms with E-state index < -0.39 is 0 Å². The molecule has 1 heterocycles. The molecule has 4 heteroatoms. The molecule has 0 aromatic carbocycles. The maximum absolute atomic E-state index is 7.34. The number of likely N-dealkylation sites (N-methyl/N-ethyl adjacent to an activating group) is 1. The summed E-state index contributed by atoms with van der Waals surface area (Å²) in [5.74, 6) is 0.304. The summed E-state index contributed by atoms with van der Waals surface area (Å²) in [5.41, 5.74) is 5.45. The maximum atomic E-state index is 7.34. The first-order valence-electron chi connectivity index (χ1n) is 6.39. The largest absolute Gasteiger partial charge is 0.388 e. The molecular weight excluding hydrogens is 200 g/mol. The Balaban J connectivity index is 2.42. The van der Waals surface area contributed by atoms with Crippen molar-refractivity contribution in [3.8, 4) is 0 Å². The molecule has 0 saturated carbocycles. The van der Waals surface area contributed by atoms with Gasteiger partial charge in [0, 0.05) is 31.6 Å². The van der Waals surface area contributed by atoms with E-state index >= 15 is 0 Å². The number of nitrogens with two attached hydrogens (primary N) is 1. The van der Waals surface area contributed by atoms with Gasteiger partial charge in [-0.05, 0) is 26.4 Å². The van der Waals surface area contributed by atoms with Crippen molar-refractivity contribution in [1.82, 2.24) is 9.80 Å². The molecule has 1 saturated heterocycles. The first-order chi connectivity index (χ1) is 7.58. The van der Waals surface area contributed by atoms with Gasteiger partial charge >= 0.3 is 0 Å². The van der Waals surface area contributed by atoms with Gasteiger partial charge in [-0.15, -0.1) is 0 Å². The van der Waals surface area contributed by atoms with Gasteiger partial charge in [-0.3, -0.25) is 15.2 Å². The Morgan fingerprint density at radius 3 is 2.62 bits per heavy atom. The quantitative estimate of drug-likeness (QED) is 0.527. The number of nitrogens with one attached hydrogen (secondary N) is 1. The van der Waals surface area contributed by atoms with Crippen molar-refractivity contribution in [3.05, 3.63) is 0 Å². The molecule has 0 bridgehead atoms. The van der Waals surface area contributed by atoms with Crippen LogP contribution in [0.25, 0.3) is 0 Å². The number of hydrogen-bond donors (Lipinski definition) is 2. The normalized spacial score (nSPS) is 23.9. The summed E-state index contributed by atoms with van der Waals surface area (Å²) in [6, 6.07) is 1.11. The second-order valence-electron chi connectivity index (χ2n) is 4.74. The number of amidine groups is 1. The van der Waals surface area contributed by atoms with Crippen molar-refractivity contribution in [2.24, 2.45) is 5.73 Å². The monoisotopic (exact) mass is 226 g/mol. The topological polar surface area (TPSA) is 56.4 Å². The fraction of sp³-hybridized carbons (Fsp3) is 0.917. The van der Waals surface area contributed by atoms with E-state index in [1.807, 2.05) is 0 Å². The summed E-state index contributed by atoms with van der Waals surface area (Å²) in [5, 5.41) is 7.34. The molecule has 0 amide bonds. The molecule has 4 nitrogen and oxygen atoms in total. The Kier molecular flexibility index (Phi) is 5.22. The highest BCUT2D eigenvalue weighted by Crippen LogP contribution is 2.18. The van der Waals surface area contributed by atoms with E-state index in [0.717, 1.165) is 26.2 Å². The molecule has 1 aliphatic rings.